The largest absolute Gasteiger partial charge is 0.339 e. The number of amides is 1. The summed E-state index contributed by atoms with van der Waals surface area (Å²) in [5, 5.41) is 0. The second kappa shape index (κ2) is 6.96. The van der Waals surface area contributed by atoms with E-state index in [1.807, 2.05) is 11.8 Å². The number of nitrogen functional groups attached to an aromatic ring is 1. The molecular weight excluding hydrogens is 228 g/mol. The molecule has 5 heteroatoms. The van der Waals surface area contributed by atoms with Gasteiger partial charge in [-0.2, -0.15) is 0 Å². The number of aryl methyl sites for hydroxylation is 1. The first-order valence-corrected chi connectivity index (χ1v) is 6.36. The van der Waals surface area contributed by atoms with Gasteiger partial charge in [0.05, 0.1) is 11.3 Å². The van der Waals surface area contributed by atoms with Gasteiger partial charge in [0.2, 0.25) is 0 Å². The summed E-state index contributed by atoms with van der Waals surface area (Å²) in [5.74, 6) is 5.44. The van der Waals surface area contributed by atoms with Crippen molar-refractivity contribution >= 4 is 11.6 Å². The Kier molecular flexibility index (Phi) is 5.58. The molecule has 5 nitrogen and oxygen atoms in total. The van der Waals surface area contributed by atoms with Gasteiger partial charge < -0.3 is 10.3 Å². The molecule has 0 aliphatic heterocycles. The summed E-state index contributed by atoms with van der Waals surface area (Å²) in [6, 6.07) is 1.78. The number of aromatic nitrogens is 1. The van der Waals surface area contributed by atoms with E-state index in [9.17, 15) is 4.79 Å². The Morgan fingerprint density at radius 2 is 2.00 bits per heavy atom. The third-order valence-corrected chi connectivity index (χ3v) is 2.70. The molecule has 3 N–H and O–H groups in total. The second-order valence-electron chi connectivity index (χ2n) is 4.31. The summed E-state index contributed by atoms with van der Waals surface area (Å²) >= 11 is 0. The van der Waals surface area contributed by atoms with Crippen LogP contribution in [0.15, 0.2) is 12.3 Å². The summed E-state index contributed by atoms with van der Waals surface area (Å²) in [6.45, 7) is 7.50. The minimum atomic E-state index is -0.0147. The molecule has 0 fully saturated rings. The van der Waals surface area contributed by atoms with Crippen molar-refractivity contribution in [3.05, 3.63) is 23.5 Å². The molecular formula is C13H22N4O. The standard InChI is InChI=1S/C13H22N4O/c1-4-6-17(7-5-2)13(18)11-9-15-10(3)8-12(11)16-14/h8-9H,4-7,14H2,1-3H3,(H,15,16). The number of nitrogens with zero attached hydrogens (tertiary/aromatic N) is 2. The van der Waals surface area contributed by atoms with E-state index in [4.69, 9.17) is 5.84 Å². The number of rotatable bonds is 6. The SMILES string of the molecule is CCCN(CCC)C(=O)c1cnc(C)cc1NN. The van der Waals surface area contributed by atoms with Gasteiger partial charge in [0.15, 0.2) is 0 Å². The van der Waals surface area contributed by atoms with Gasteiger partial charge >= 0.3 is 0 Å². The van der Waals surface area contributed by atoms with Crippen molar-refractivity contribution in [2.45, 2.75) is 33.6 Å². The highest BCUT2D eigenvalue weighted by Gasteiger charge is 2.18. The number of hydrogen-bond acceptors (Lipinski definition) is 4. The van der Waals surface area contributed by atoms with E-state index in [1.165, 1.54) is 0 Å². The van der Waals surface area contributed by atoms with Crippen LogP contribution in [0.5, 0.6) is 0 Å². The summed E-state index contributed by atoms with van der Waals surface area (Å²) in [4.78, 5) is 18.4. The zero-order chi connectivity index (χ0) is 13.5. The van der Waals surface area contributed by atoms with Gasteiger partial charge in [0.1, 0.15) is 0 Å². The van der Waals surface area contributed by atoms with Crippen molar-refractivity contribution in [2.24, 2.45) is 5.84 Å². The zero-order valence-electron chi connectivity index (χ0n) is 11.4. The number of anilines is 1. The predicted molar refractivity (Wildman–Crippen MR) is 73.3 cm³/mol. The van der Waals surface area contributed by atoms with Gasteiger partial charge in [-0.05, 0) is 25.8 Å². The molecule has 1 aromatic rings. The lowest BCUT2D eigenvalue weighted by Crippen LogP contribution is -2.33. The van der Waals surface area contributed by atoms with Crippen molar-refractivity contribution in [3.8, 4) is 0 Å². The van der Waals surface area contributed by atoms with E-state index in [0.717, 1.165) is 31.6 Å². The van der Waals surface area contributed by atoms with Gasteiger partial charge in [0, 0.05) is 25.0 Å². The fourth-order valence-corrected chi connectivity index (χ4v) is 1.87. The summed E-state index contributed by atoms with van der Waals surface area (Å²) in [6.07, 6.45) is 3.47. The Balaban J connectivity index is 3.00. The van der Waals surface area contributed by atoms with Crippen molar-refractivity contribution in [1.29, 1.82) is 0 Å². The molecule has 0 bridgehead atoms. The topological polar surface area (TPSA) is 71.2 Å². The molecule has 0 aromatic carbocycles. The first-order chi connectivity index (χ1) is 8.63. The van der Waals surface area contributed by atoms with E-state index >= 15 is 0 Å². The van der Waals surface area contributed by atoms with E-state index in [1.54, 1.807) is 12.3 Å². The lowest BCUT2D eigenvalue weighted by molar-refractivity contribution is 0.0756. The second-order valence-corrected chi connectivity index (χ2v) is 4.31. The molecule has 0 radical (unpaired) electrons. The van der Waals surface area contributed by atoms with Crippen molar-refractivity contribution < 1.29 is 4.79 Å². The maximum absolute atomic E-state index is 12.4. The highest BCUT2D eigenvalue weighted by Crippen LogP contribution is 2.17. The van der Waals surface area contributed by atoms with Crippen LogP contribution in [-0.4, -0.2) is 28.9 Å². The van der Waals surface area contributed by atoms with Crippen molar-refractivity contribution in [3.63, 3.8) is 0 Å². The Bertz CT molecular complexity index is 400. The van der Waals surface area contributed by atoms with E-state index in [2.05, 4.69) is 24.3 Å². The third-order valence-electron chi connectivity index (χ3n) is 2.70. The van der Waals surface area contributed by atoms with E-state index in [0.29, 0.717) is 11.3 Å². The van der Waals surface area contributed by atoms with E-state index < -0.39 is 0 Å². The van der Waals surface area contributed by atoms with Gasteiger partial charge in [-0.25, -0.2) is 0 Å². The number of nitrogens with one attached hydrogen (secondary N) is 1. The lowest BCUT2D eigenvalue weighted by atomic mass is 10.1. The van der Waals surface area contributed by atoms with Crippen LogP contribution >= 0.6 is 0 Å². The van der Waals surface area contributed by atoms with Crippen LogP contribution in [0.3, 0.4) is 0 Å². The third kappa shape index (κ3) is 3.43. The van der Waals surface area contributed by atoms with E-state index in [-0.39, 0.29) is 5.91 Å². The molecule has 0 saturated heterocycles. The van der Waals surface area contributed by atoms with Gasteiger partial charge in [0.25, 0.3) is 5.91 Å². The molecule has 0 aliphatic carbocycles. The highest BCUT2D eigenvalue weighted by atomic mass is 16.2. The van der Waals surface area contributed by atoms with Crippen LogP contribution in [0.1, 0.15) is 42.7 Å². The highest BCUT2D eigenvalue weighted by molar-refractivity contribution is 5.99. The summed E-state index contributed by atoms with van der Waals surface area (Å²) < 4.78 is 0. The molecule has 1 aromatic heterocycles. The van der Waals surface area contributed by atoms with Crippen LogP contribution in [0.4, 0.5) is 5.69 Å². The molecule has 0 atom stereocenters. The molecule has 100 valence electrons. The van der Waals surface area contributed by atoms with Crippen LogP contribution in [-0.2, 0) is 0 Å². The Morgan fingerprint density at radius 3 is 2.50 bits per heavy atom. The lowest BCUT2D eigenvalue weighted by Gasteiger charge is -2.22. The minimum Gasteiger partial charge on any atom is -0.339 e. The Labute approximate surface area is 108 Å². The monoisotopic (exact) mass is 250 g/mol. The number of hydrazine groups is 1. The normalized spacial score (nSPS) is 10.2. The first kappa shape index (κ1) is 14.4. The average molecular weight is 250 g/mol. The number of carbonyl (C=O) groups is 1. The fraction of sp³-hybridized carbons (Fsp3) is 0.538. The Hall–Kier alpha value is -1.62. The fourth-order valence-electron chi connectivity index (χ4n) is 1.87. The van der Waals surface area contributed by atoms with Gasteiger partial charge in [-0.3, -0.25) is 15.6 Å². The molecule has 0 aliphatic rings. The quantitative estimate of drug-likeness (QED) is 0.598. The maximum atomic E-state index is 12.4. The maximum Gasteiger partial charge on any atom is 0.257 e. The molecule has 0 unspecified atom stereocenters. The van der Waals surface area contributed by atoms with Gasteiger partial charge in [-0.1, -0.05) is 13.8 Å². The predicted octanol–water partition coefficient (Wildman–Crippen LogP) is 1.94. The van der Waals surface area contributed by atoms with Crippen molar-refractivity contribution in [1.82, 2.24) is 9.88 Å². The van der Waals surface area contributed by atoms with Crippen LogP contribution in [0, 0.1) is 6.92 Å². The molecule has 1 rings (SSSR count). The molecule has 0 saturated carbocycles. The molecule has 1 heterocycles. The van der Waals surface area contributed by atoms with Crippen LogP contribution in [0.2, 0.25) is 0 Å². The van der Waals surface area contributed by atoms with Crippen LogP contribution in [0.25, 0.3) is 0 Å². The molecule has 1 amide bonds. The van der Waals surface area contributed by atoms with Gasteiger partial charge in [-0.15, -0.1) is 0 Å². The first-order valence-electron chi connectivity index (χ1n) is 6.36. The smallest absolute Gasteiger partial charge is 0.257 e. The van der Waals surface area contributed by atoms with Crippen LogP contribution < -0.4 is 11.3 Å². The summed E-state index contributed by atoms with van der Waals surface area (Å²) in [5.41, 5.74) is 4.56. The molecule has 0 spiro atoms. The Morgan fingerprint density at radius 1 is 1.39 bits per heavy atom. The average Bonchev–Trinajstić information content (AvgIpc) is 2.37. The zero-order valence-corrected chi connectivity index (χ0v) is 11.4. The number of hydrogen-bond donors (Lipinski definition) is 2. The molecule has 18 heavy (non-hydrogen) atoms. The number of pyridine rings is 1. The van der Waals surface area contributed by atoms with Crippen molar-refractivity contribution in [2.75, 3.05) is 18.5 Å². The minimum absolute atomic E-state index is 0.0147. The number of nitrogens with two attached hydrogens (primary N) is 1. The summed E-state index contributed by atoms with van der Waals surface area (Å²) in [7, 11) is 0. The number of carbonyl (C=O) groups excluding carboxylic acids is 1.